The predicted molar refractivity (Wildman–Crippen MR) is 116 cm³/mol. The van der Waals surface area contributed by atoms with Gasteiger partial charge in [0.2, 0.25) is 17.6 Å². The number of nitrogens with zero attached hydrogens (tertiary/aromatic N) is 3. The van der Waals surface area contributed by atoms with Gasteiger partial charge in [-0.25, -0.2) is 0 Å². The minimum atomic E-state index is 0.0123. The van der Waals surface area contributed by atoms with Crippen molar-refractivity contribution in [2.24, 2.45) is 5.92 Å². The Hall–Kier alpha value is -3.39. The summed E-state index contributed by atoms with van der Waals surface area (Å²) in [7, 11) is 3.20. The van der Waals surface area contributed by atoms with Gasteiger partial charge in [-0.2, -0.15) is 4.98 Å². The maximum Gasteiger partial charge on any atom is 0.241 e. The van der Waals surface area contributed by atoms with E-state index in [4.69, 9.17) is 14.0 Å². The molecule has 1 aromatic heterocycles. The van der Waals surface area contributed by atoms with Crippen molar-refractivity contribution in [1.29, 1.82) is 0 Å². The predicted octanol–water partition coefficient (Wildman–Crippen LogP) is 3.60. The van der Waals surface area contributed by atoms with Gasteiger partial charge in [0, 0.05) is 17.7 Å². The minimum absolute atomic E-state index is 0.0123. The van der Waals surface area contributed by atoms with Gasteiger partial charge in [0.25, 0.3) is 0 Å². The SMILES string of the molecule is COc1ccc(-c2noc(CN3CCC(C(=O)Nc4ccccc4)CC3)n2)c(OC)c1. The highest BCUT2D eigenvalue weighted by molar-refractivity contribution is 5.92. The molecule has 2 heterocycles. The summed E-state index contributed by atoms with van der Waals surface area (Å²) in [6, 6.07) is 15.0. The molecule has 0 atom stereocenters. The number of para-hydroxylation sites is 1. The first-order valence-electron chi connectivity index (χ1n) is 10.3. The molecule has 162 valence electrons. The fourth-order valence-corrected chi connectivity index (χ4v) is 3.72. The summed E-state index contributed by atoms with van der Waals surface area (Å²) >= 11 is 0. The third-order valence-electron chi connectivity index (χ3n) is 5.48. The third kappa shape index (κ3) is 5.03. The van der Waals surface area contributed by atoms with Gasteiger partial charge in [-0.15, -0.1) is 0 Å². The molecule has 1 N–H and O–H groups in total. The molecule has 1 fully saturated rings. The number of anilines is 1. The first-order chi connectivity index (χ1) is 15.2. The maximum absolute atomic E-state index is 12.5. The van der Waals surface area contributed by atoms with Crippen molar-refractivity contribution < 1.29 is 18.8 Å². The van der Waals surface area contributed by atoms with Crippen LogP contribution in [0.1, 0.15) is 18.7 Å². The quantitative estimate of drug-likeness (QED) is 0.622. The second-order valence-corrected chi connectivity index (χ2v) is 7.48. The molecule has 0 radical (unpaired) electrons. The lowest BCUT2D eigenvalue weighted by Gasteiger charge is -2.30. The molecule has 0 spiro atoms. The van der Waals surface area contributed by atoms with Gasteiger partial charge in [0.05, 0.1) is 26.3 Å². The standard InChI is InChI=1S/C23H26N4O4/c1-29-18-8-9-19(20(14-18)30-2)22-25-21(31-26-22)15-27-12-10-16(11-13-27)23(28)24-17-6-4-3-5-7-17/h3-9,14,16H,10-13,15H2,1-2H3,(H,24,28). The summed E-state index contributed by atoms with van der Waals surface area (Å²) in [5, 5.41) is 7.11. The smallest absolute Gasteiger partial charge is 0.241 e. The van der Waals surface area contributed by atoms with Crippen LogP contribution in [0.25, 0.3) is 11.4 Å². The summed E-state index contributed by atoms with van der Waals surface area (Å²) < 4.78 is 16.1. The number of amides is 1. The van der Waals surface area contributed by atoms with E-state index >= 15 is 0 Å². The van der Waals surface area contributed by atoms with Crippen molar-refractivity contribution in [2.45, 2.75) is 19.4 Å². The maximum atomic E-state index is 12.5. The van der Waals surface area contributed by atoms with Gasteiger partial charge >= 0.3 is 0 Å². The van der Waals surface area contributed by atoms with Crippen LogP contribution in [0.3, 0.4) is 0 Å². The molecule has 3 aromatic rings. The summed E-state index contributed by atoms with van der Waals surface area (Å²) in [5.41, 5.74) is 1.58. The molecule has 0 unspecified atom stereocenters. The van der Waals surface area contributed by atoms with Crippen molar-refractivity contribution >= 4 is 11.6 Å². The number of nitrogens with one attached hydrogen (secondary N) is 1. The highest BCUT2D eigenvalue weighted by atomic mass is 16.5. The van der Waals surface area contributed by atoms with E-state index in [-0.39, 0.29) is 11.8 Å². The number of hydrogen-bond donors (Lipinski definition) is 1. The van der Waals surface area contributed by atoms with E-state index in [9.17, 15) is 4.79 Å². The average molecular weight is 422 g/mol. The molecule has 31 heavy (non-hydrogen) atoms. The summed E-state index contributed by atoms with van der Waals surface area (Å²) in [6.45, 7) is 2.16. The van der Waals surface area contributed by atoms with Crippen molar-refractivity contribution in [2.75, 3.05) is 32.6 Å². The second kappa shape index (κ2) is 9.61. The Morgan fingerprint density at radius 2 is 1.90 bits per heavy atom. The lowest BCUT2D eigenvalue weighted by Crippen LogP contribution is -2.37. The van der Waals surface area contributed by atoms with Crippen LogP contribution in [0.2, 0.25) is 0 Å². The van der Waals surface area contributed by atoms with Gasteiger partial charge < -0.3 is 19.3 Å². The van der Waals surface area contributed by atoms with Crippen molar-refractivity contribution in [3.8, 4) is 22.9 Å². The molecule has 0 aliphatic carbocycles. The van der Waals surface area contributed by atoms with E-state index in [2.05, 4.69) is 20.4 Å². The first-order valence-corrected chi connectivity index (χ1v) is 10.3. The summed E-state index contributed by atoms with van der Waals surface area (Å²) in [5.74, 6) is 2.43. The van der Waals surface area contributed by atoms with Crippen molar-refractivity contribution in [3.63, 3.8) is 0 Å². The highest BCUT2D eigenvalue weighted by Crippen LogP contribution is 2.31. The third-order valence-corrected chi connectivity index (χ3v) is 5.48. The summed E-state index contributed by atoms with van der Waals surface area (Å²) in [4.78, 5) is 19.3. The number of piperidine rings is 1. The van der Waals surface area contributed by atoms with Gasteiger partial charge in [-0.1, -0.05) is 23.4 Å². The van der Waals surface area contributed by atoms with Crippen LogP contribution in [0.15, 0.2) is 53.1 Å². The monoisotopic (exact) mass is 422 g/mol. The first kappa shape index (κ1) is 20.9. The molecule has 8 nitrogen and oxygen atoms in total. The average Bonchev–Trinajstić information content (AvgIpc) is 3.28. The second-order valence-electron chi connectivity index (χ2n) is 7.48. The molecule has 1 aliphatic heterocycles. The number of likely N-dealkylation sites (tertiary alicyclic amines) is 1. The molecule has 0 bridgehead atoms. The van der Waals surface area contributed by atoms with Gasteiger partial charge in [-0.05, 0) is 50.2 Å². The Morgan fingerprint density at radius 1 is 1.13 bits per heavy atom. The molecule has 1 amide bonds. The Kier molecular flexibility index (Phi) is 6.47. The minimum Gasteiger partial charge on any atom is -0.497 e. The molecule has 0 saturated carbocycles. The van der Waals surface area contributed by atoms with Gasteiger partial charge in [0.1, 0.15) is 11.5 Å². The Morgan fingerprint density at radius 3 is 2.61 bits per heavy atom. The van der Waals surface area contributed by atoms with E-state index in [0.717, 1.165) is 37.2 Å². The molecular weight excluding hydrogens is 396 g/mol. The number of methoxy groups -OCH3 is 2. The fraction of sp³-hybridized carbons (Fsp3) is 0.348. The van der Waals surface area contributed by atoms with E-state index in [1.807, 2.05) is 42.5 Å². The number of rotatable bonds is 7. The number of carbonyl (C=O) groups is 1. The zero-order valence-corrected chi connectivity index (χ0v) is 17.7. The molecule has 1 aliphatic rings. The zero-order chi connectivity index (χ0) is 21.6. The normalized spacial score (nSPS) is 14.9. The number of hydrogen-bond acceptors (Lipinski definition) is 7. The number of carbonyl (C=O) groups excluding carboxylic acids is 1. The van der Waals surface area contributed by atoms with E-state index in [0.29, 0.717) is 29.8 Å². The van der Waals surface area contributed by atoms with Crippen LogP contribution in [0, 0.1) is 5.92 Å². The number of ether oxygens (including phenoxy) is 2. The summed E-state index contributed by atoms with van der Waals surface area (Å²) in [6.07, 6.45) is 1.60. The van der Waals surface area contributed by atoms with Crippen LogP contribution >= 0.6 is 0 Å². The van der Waals surface area contributed by atoms with Crippen LogP contribution in [-0.4, -0.2) is 48.3 Å². The molecule has 1 saturated heterocycles. The van der Waals surface area contributed by atoms with Gasteiger partial charge in [0.15, 0.2) is 0 Å². The lowest BCUT2D eigenvalue weighted by atomic mass is 9.96. The zero-order valence-electron chi connectivity index (χ0n) is 17.7. The largest absolute Gasteiger partial charge is 0.497 e. The van der Waals surface area contributed by atoms with Crippen LogP contribution < -0.4 is 14.8 Å². The van der Waals surface area contributed by atoms with Crippen LogP contribution in [-0.2, 0) is 11.3 Å². The topological polar surface area (TPSA) is 89.7 Å². The van der Waals surface area contributed by atoms with Gasteiger partial charge in [-0.3, -0.25) is 9.69 Å². The molecule has 8 heteroatoms. The van der Waals surface area contributed by atoms with Crippen molar-refractivity contribution in [3.05, 3.63) is 54.4 Å². The molecule has 2 aromatic carbocycles. The fourth-order valence-electron chi connectivity index (χ4n) is 3.72. The molecule has 4 rings (SSSR count). The molecular formula is C23H26N4O4. The van der Waals surface area contributed by atoms with E-state index in [1.54, 1.807) is 20.3 Å². The lowest BCUT2D eigenvalue weighted by molar-refractivity contribution is -0.121. The van der Waals surface area contributed by atoms with Crippen LogP contribution in [0.4, 0.5) is 5.69 Å². The Balaban J connectivity index is 1.33. The Labute approximate surface area is 181 Å². The highest BCUT2D eigenvalue weighted by Gasteiger charge is 2.26. The van der Waals surface area contributed by atoms with Crippen LogP contribution in [0.5, 0.6) is 11.5 Å². The number of benzene rings is 2. The Bertz CT molecular complexity index is 1010. The number of aromatic nitrogens is 2. The van der Waals surface area contributed by atoms with E-state index < -0.39 is 0 Å². The van der Waals surface area contributed by atoms with Crippen molar-refractivity contribution in [1.82, 2.24) is 15.0 Å². The van der Waals surface area contributed by atoms with E-state index in [1.165, 1.54) is 0 Å².